The first-order chi connectivity index (χ1) is 29.2. The van der Waals surface area contributed by atoms with Gasteiger partial charge in [0.2, 0.25) is 17.7 Å². The number of aromatic nitrogens is 2. The highest BCUT2D eigenvalue weighted by Gasteiger charge is 2.59. The number of rotatable bonds is 8. The fraction of sp³-hybridized carbons (Fsp3) is 0.468. The second-order valence-corrected chi connectivity index (χ2v) is 18.1. The number of likely N-dealkylation sites (tertiary alicyclic amines) is 2. The van der Waals surface area contributed by atoms with Crippen LogP contribution in [0.15, 0.2) is 85.1 Å². The molecule has 0 saturated carbocycles. The fourth-order valence-electron chi connectivity index (χ4n) is 11.1. The first-order valence-electron chi connectivity index (χ1n) is 21.5. The number of hydrogen-bond donors (Lipinski definition) is 2. The Balaban J connectivity index is 0.746. The molecule has 0 bridgehead atoms. The number of imide groups is 1. The second-order valence-electron chi connectivity index (χ2n) is 18.1. The van der Waals surface area contributed by atoms with Gasteiger partial charge in [-0.05, 0) is 80.5 Å². The number of phenols is 1. The Hall–Kier alpha value is -5.53. The van der Waals surface area contributed by atoms with Gasteiger partial charge in [-0.3, -0.25) is 24.6 Å². The molecule has 0 unspecified atom stereocenters. The third-order valence-corrected chi connectivity index (χ3v) is 14.5. The summed E-state index contributed by atoms with van der Waals surface area (Å²) in [5.74, 6) is 0.456. The molecule has 6 aliphatic heterocycles. The molecular formula is C47H53N7O6. The fourth-order valence-corrected chi connectivity index (χ4v) is 11.1. The van der Waals surface area contributed by atoms with Crippen LogP contribution >= 0.6 is 0 Å². The number of nitrogens with one attached hydrogen (secondary N) is 1. The van der Waals surface area contributed by atoms with Crippen LogP contribution in [0, 0.1) is 5.41 Å². The largest absolute Gasteiger partial charge is 0.507 e. The van der Waals surface area contributed by atoms with Crippen LogP contribution in [0.2, 0.25) is 0 Å². The molecule has 2 atom stereocenters. The van der Waals surface area contributed by atoms with Gasteiger partial charge >= 0.3 is 0 Å². The Morgan fingerprint density at radius 3 is 2.30 bits per heavy atom. The zero-order valence-electron chi connectivity index (χ0n) is 34.2. The van der Waals surface area contributed by atoms with Crippen molar-refractivity contribution in [3.05, 3.63) is 96.2 Å². The maximum Gasteiger partial charge on any atom is 0.234 e. The lowest BCUT2D eigenvalue weighted by atomic mass is 9.67. The minimum atomic E-state index is -0.703. The molecule has 4 aromatic rings. The van der Waals surface area contributed by atoms with E-state index >= 15 is 0 Å². The molecule has 6 saturated heterocycles. The summed E-state index contributed by atoms with van der Waals surface area (Å²) in [7, 11) is 1.68. The highest BCUT2D eigenvalue weighted by atomic mass is 16.5. The predicted molar refractivity (Wildman–Crippen MR) is 226 cm³/mol. The number of para-hydroxylation sites is 2. The summed E-state index contributed by atoms with van der Waals surface area (Å²) in [5, 5.41) is 21.5. The summed E-state index contributed by atoms with van der Waals surface area (Å²) in [6, 6.07) is 25.8. The lowest BCUT2D eigenvalue weighted by Crippen LogP contribution is -2.75. The smallest absolute Gasteiger partial charge is 0.234 e. The van der Waals surface area contributed by atoms with E-state index in [1.54, 1.807) is 25.4 Å². The van der Waals surface area contributed by atoms with Crippen LogP contribution < -0.4 is 19.9 Å². The number of phenolic OH excluding ortho intramolecular Hbond substituents is 1. The van der Waals surface area contributed by atoms with Gasteiger partial charge in [0.05, 0.1) is 48.2 Å². The number of piperidine rings is 3. The highest BCUT2D eigenvalue weighted by molar-refractivity contribution is 6.01. The van der Waals surface area contributed by atoms with E-state index in [1.165, 1.54) is 0 Å². The third-order valence-electron chi connectivity index (χ3n) is 14.5. The zero-order chi connectivity index (χ0) is 41.1. The molecule has 7 heterocycles. The molecule has 1 aromatic heterocycles. The van der Waals surface area contributed by atoms with E-state index in [0.717, 1.165) is 93.4 Å². The molecule has 0 radical (unpaired) electrons. The lowest BCUT2D eigenvalue weighted by molar-refractivity contribution is -0.169. The topological polar surface area (TPSA) is 141 Å². The number of carbonyl (C=O) groups is 3. The van der Waals surface area contributed by atoms with E-state index in [-0.39, 0.29) is 40.4 Å². The minimum absolute atomic E-state index is 0.0919. The van der Waals surface area contributed by atoms with Crippen molar-refractivity contribution in [3.8, 4) is 22.8 Å². The van der Waals surface area contributed by atoms with Gasteiger partial charge in [-0.25, -0.2) is 0 Å². The van der Waals surface area contributed by atoms with E-state index in [2.05, 4.69) is 53.3 Å². The molecule has 13 heteroatoms. The number of anilines is 2. The summed E-state index contributed by atoms with van der Waals surface area (Å²) in [4.78, 5) is 48.2. The van der Waals surface area contributed by atoms with Crippen molar-refractivity contribution in [1.29, 1.82) is 0 Å². The quantitative estimate of drug-likeness (QED) is 0.235. The van der Waals surface area contributed by atoms with Crippen molar-refractivity contribution in [1.82, 2.24) is 25.3 Å². The number of benzene rings is 3. The van der Waals surface area contributed by atoms with Gasteiger partial charge in [0.25, 0.3) is 0 Å². The first kappa shape index (κ1) is 38.7. The monoisotopic (exact) mass is 811 g/mol. The number of nitrogens with zero attached hydrogens (tertiary/aromatic N) is 6. The molecule has 3 aromatic carbocycles. The van der Waals surface area contributed by atoms with Gasteiger partial charge < -0.3 is 29.3 Å². The number of ether oxygens (including phenoxy) is 2. The van der Waals surface area contributed by atoms with Crippen molar-refractivity contribution in [2.75, 3.05) is 75.9 Å². The van der Waals surface area contributed by atoms with Gasteiger partial charge in [-0.1, -0.05) is 42.5 Å². The van der Waals surface area contributed by atoms with Gasteiger partial charge in [0.1, 0.15) is 11.5 Å². The average molecular weight is 812 g/mol. The predicted octanol–water partition coefficient (Wildman–Crippen LogP) is 4.89. The summed E-state index contributed by atoms with van der Waals surface area (Å²) >= 11 is 0. The molecule has 312 valence electrons. The maximum absolute atomic E-state index is 14.8. The number of carbonyl (C=O) groups excluding carboxylic acids is 3. The number of methoxy groups -OCH3 is 1. The second kappa shape index (κ2) is 15.2. The zero-order valence-corrected chi connectivity index (χ0v) is 34.2. The van der Waals surface area contributed by atoms with Gasteiger partial charge in [-0.2, -0.15) is 10.2 Å². The Kier molecular flexibility index (Phi) is 9.78. The van der Waals surface area contributed by atoms with Crippen LogP contribution in [0.3, 0.4) is 0 Å². The molecule has 60 heavy (non-hydrogen) atoms. The maximum atomic E-state index is 14.8. The van der Waals surface area contributed by atoms with E-state index in [0.29, 0.717) is 56.1 Å². The van der Waals surface area contributed by atoms with Crippen LogP contribution in [-0.2, 0) is 24.5 Å². The summed E-state index contributed by atoms with van der Waals surface area (Å²) in [5.41, 5.74) is 4.59. The van der Waals surface area contributed by atoms with Crippen molar-refractivity contribution in [2.24, 2.45) is 5.41 Å². The molecule has 13 nitrogen and oxygen atoms in total. The molecule has 10 rings (SSSR count). The highest BCUT2D eigenvalue weighted by Crippen LogP contribution is 2.49. The van der Waals surface area contributed by atoms with Crippen LogP contribution in [0.25, 0.3) is 11.3 Å². The summed E-state index contributed by atoms with van der Waals surface area (Å²) in [6.07, 6.45) is 7.00. The molecular weight excluding hydrogens is 759 g/mol. The molecule has 0 aliphatic carbocycles. The van der Waals surface area contributed by atoms with Crippen molar-refractivity contribution in [3.63, 3.8) is 0 Å². The average Bonchev–Trinajstić information content (AvgIpc) is 3.65. The Bertz CT molecular complexity index is 2270. The minimum Gasteiger partial charge on any atom is -0.507 e. The first-order valence-corrected chi connectivity index (χ1v) is 21.5. The molecule has 2 N–H and O–H groups in total. The molecule has 3 amide bonds. The van der Waals surface area contributed by atoms with Crippen LogP contribution in [0.4, 0.5) is 11.4 Å². The SMILES string of the molecule is COc1ccccc1C1(C(=O)N2CC3(C2)CN([C@@H]2COC4(CCN(c5ccc([C@H]6CCC(=O)NC6=O)cc5)CC4)C2)C3)CCN(c2cnnc(-c3ccccc3O)c2)CC1. The van der Waals surface area contributed by atoms with Crippen molar-refractivity contribution < 1.29 is 29.0 Å². The Labute approximate surface area is 350 Å². The van der Waals surface area contributed by atoms with Crippen LogP contribution in [-0.4, -0.2) is 121 Å². The van der Waals surface area contributed by atoms with Gasteiger partial charge in [0, 0.05) is 87.0 Å². The normalized spacial score (nSPS) is 24.5. The molecule has 6 aliphatic rings. The van der Waals surface area contributed by atoms with E-state index in [1.807, 2.05) is 48.5 Å². The van der Waals surface area contributed by atoms with Gasteiger partial charge in [-0.15, -0.1) is 0 Å². The lowest BCUT2D eigenvalue weighted by Gasteiger charge is -2.63. The van der Waals surface area contributed by atoms with E-state index in [4.69, 9.17) is 9.47 Å². The van der Waals surface area contributed by atoms with Crippen LogP contribution in [0.5, 0.6) is 11.5 Å². The van der Waals surface area contributed by atoms with Crippen molar-refractivity contribution in [2.45, 2.75) is 67.9 Å². The van der Waals surface area contributed by atoms with Crippen molar-refractivity contribution >= 4 is 29.1 Å². The van der Waals surface area contributed by atoms with Gasteiger partial charge in [0.15, 0.2) is 0 Å². The van der Waals surface area contributed by atoms with E-state index in [9.17, 15) is 19.5 Å². The number of hydrogen-bond acceptors (Lipinski definition) is 11. The summed E-state index contributed by atoms with van der Waals surface area (Å²) in [6.45, 7) is 7.49. The molecule has 6 fully saturated rings. The number of aromatic hydroxyl groups is 1. The summed E-state index contributed by atoms with van der Waals surface area (Å²) < 4.78 is 12.5. The number of amides is 3. The van der Waals surface area contributed by atoms with E-state index < -0.39 is 5.41 Å². The van der Waals surface area contributed by atoms with Crippen LogP contribution in [0.1, 0.15) is 62.0 Å². The third kappa shape index (κ3) is 6.85. The molecule has 2 spiro atoms. The standard InChI is InChI=1S/C47H53N7O6/c1-59-41-9-5-3-7-38(41)47(18-22-52(23-19-47)34-24-39(50-48-26-34)37-6-2-4-8-40(37)55)44(58)54-30-45(31-54)28-53(29-45)35-25-46(60-27-35)16-20-51(21-17-46)33-12-10-32(11-13-33)36-14-15-42(56)49-43(36)57/h2-13,24,26,35-36,55H,14-23,25,27-31H2,1H3,(H,49,56,57)/t35-,36+/m0/s1. The Morgan fingerprint density at radius 2 is 1.57 bits per heavy atom. The Morgan fingerprint density at radius 1 is 0.867 bits per heavy atom.